The molecule has 0 spiro atoms. The first-order valence-electron chi connectivity index (χ1n) is 8.40. The summed E-state index contributed by atoms with van der Waals surface area (Å²) in [6, 6.07) is 5.51. The number of nitrogens with one attached hydrogen (secondary N) is 1. The second kappa shape index (κ2) is 9.34. The summed E-state index contributed by atoms with van der Waals surface area (Å²) in [6.45, 7) is 9.40. The number of nitrogens with two attached hydrogens (primary N) is 1. The van der Waals surface area contributed by atoms with Crippen LogP contribution in [0.4, 0.5) is 5.69 Å². The summed E-state index contributed by atoms with van der Waals surface area (Å²) < 4.78 is 10.6. The SMILES string of the molecule is CCN1CCN(CCN=C(N)Nc2cc(OC)ccc2OC)CC1. The van der Waals surface area contributed by atoms with Crippen molar-refractivity contribution in [1.29, 1.82) is 0 Å². The number of rotatable bonds is 7. The van der Waals surface area contributed by atoms with Crippen LogP contribution in [-0.4, -0.2) is 75.8 Å². The van der Waals surface area contributed by atoms with Gasteiger partial charge in [-0.25, -0.2) is 0 Å². The van der Waals surface area contributed by atoms with Crippen molar-refractivity contribution in [2.45, 2.75) is 6.92 Å². The second-order valence-electron chi connectivity index (χ2n) is 5.73. The van der Waals surface area contributed by atoms with Gasteiger partial charge >= 0.3 is 0 Å². The molecule has 0 aliphatic carbocycles. The lowest BCUT2D eigenvalue weighted by atomic mass is 10.2. The molecule has 3 N–H and O–H groups in total. The zero-order valence-corrected chi connectivity index (χ0v) is 14.9. The number of benzene rings is 1. The van der Waals surface area contributed by atoms with Crippen molar-refractivity contribution >= 4 is 11.6 Å². The molecule has 1 aromatic carbocycles. The molecule has 1 aromatic rings. The summed E-state index contributed by atoms with van der Waals surface area (Å²) in [4.78, 5) is 9.30. The van der Waals surface area contributed by atoms with Crippen LogP contribution in [0.2, 0.25) is 0 Å². The minimum Gasteiger partial charge on any atom is -0.497 e. The number of methoxy groups -OCH3 is 2. The van der Waals surface area contributed by atoms with Crippen LogP contribution in [0.3, 0.4) is 0 Å². The van der Waals surface area contributed by atoms with Gasteiger partial charge in [0.25, 0.3) is 0 Å². The number of piperazine rings is 1. The molecule has 1 aliphatic rings. The molecule has 0 radical (unpaired) electrons. The highest BCUT2D eigenvalue weighted by Gasteiger charge is 2.14. The Bertz CT molecular complexity index is 542. The molecule has 1 aliphatic heterocycles. The lowest BCUT2D eigenvalue weighted by Gasteiger charge is -2.33. The monoisotopic (exact) mass is 335 g/mol. The summed E-state index contributed by atoms with van der Waals surface area (Å²) in [5.74, 6) is 1.82. The maximum atomic E-state index is 6.00. The van der Waals surface area contributed by atoms with E-state index in [0.717, 1.165) is 50.7 Å². The van der Waals surface area contributed by atoms with E-state index in [4.69, 9.17) is 15.2 Å². The molecule has 0 unspecified atom stereocenters. The number of guanidine groups is 1. The van der Waals surface area contributed by atoms with Gasteiger partial charge in [-0.3, -0.25) is 9.89 Å². The van der Waals surface area contributed by atoms with Gasteiger partial charge in [-0.05, 0) is 18.7 Å². The van der Waals surface area contributed by atoms with Crippen molar-refractivity contribution < 1.29 is 9.47 Å². The maximum absolute atomic E-state index is 6.00. The quantitative estimate of drug-likeness (QED) is 0.573. The number of hydrogen-bond donors (Lipinski definition) is 2. The third-order valence-corrected chi connectivity index (χ3v) is 4.28. The van der Waals surface area contributed by atoms with E-state index in [1.54, 1.807) is 14.2 Å². The average Bonchev–Trinajstić information content (AvgIpc) is 2.62. The predicted octanol–water partition coefficient (Wildman–Crippen LogP) is 1.07. The Morgan fingerprint density at radius 1 is 1.17 bits per heavy atom. The largest absolute Gasteiger partial charge is 0.497 e. The van der Waals surface area contributed by atoms with Crippen molar-refractivity contribution in [3.8, 4) is 11.5 Å². The third kappa shape index (κ3) is 5.28. The zero-order valence-electron chi connectivity index (χ0n) is 14.9. The number of likely N-dealkylation sites (N-methyl/N-ethyl adjacent to an activating group) is 1. The standard InChI is InChI=1S/C17H29N5O2/c1-4-21-9-11-22(12-10-21)8-7-19-17(18)20-15-13-14(23-2)5-6-16(15)24-3/h5-6,13H,4,7-12H2,1-3H3,(H3,18,19,20). The topological polar surface area (TPSA) is 75.4 Å². The van der Waals surface area contributed by atoms with E-state index in [2.05, 4.69) is 27.0 Å². The van der Waals surface area contributed by atoms with Crippen LogP contribution < -0.4 is 20.5 Å². The first kappa shape index (κ1) is 18.4. The van der Waals surface area contributed by atoms with Crippen LogP contribution in [-0.2, 0) is 0 Å². The number of nitrogens with zero attached hydrogens (tertiary/aromatic N) is 3. The highest BCUT2D eigenvalue weighted by molar-refractivity contribution is 5.94. The molecule has 0 saturated carbocycles. The smallest absolute Gasteiger partial charge is 0.193 e. The van der Waals surface area contributed by atoms with Crippen molar-refractivity contribution in [2.24, 2.45) is 10.7 Å². The molecule has 24 heavy (non-hydrogen) atoms. The van der Waals surface area contributed by atoms with Gasteiger partial charge in [-0.15, -0.1) is 0 Å². The maximum Gasteiger partial charge on any atom is 0.193 e. The summed E-state index contributed by atoms with van der Waals surface area (Å²) in [5.41, 5.74) is 6.74. The molecule has 2 rings (SSSR count). The van der Waals surface area contributed by atoms with Crippen LogP contribution in [0.15, 0.2) is 23.2 Å². The van der Waals surface area contributed by atoms with Crippen molar-refractivity contribution in [3.05, 3.63) is 18.2 Å². The fraction of sp³-hybridized carbons (Fsp3) is 0.588. The zero-order chi connectivity index (χ0) is 17.4. The normalized spacial score (nSPS) is 16.9. The van der Waals surface area contributed by atoms with Gasteiger partial charge in [0.1, 0.15) is 11.5 Å². The van der Waals surface area contributed by atoms with Gasteiger partial charge in [-0.1, -0.05) is 6.92 Å². The van der Waals surface area contributed by atoms with Gasteiger partial charge in [0, 0.05) is 38.8 Å². The Kier molecular flexibility index (Phi) is 7.14. The fourth-order valence-electron chi connectivity index (χ4n) is 2.73. The van der Waals surface area contributed by atoms with E-state index in [1.165, 1.54) is 0 Å². The highest BCUT2D eigenvalue weighted by atomic mass is 16.5. The molecule has 1 fully saturated rings. The molecular weight excluding hydrogens is 306 g/mol. The number of ether oxygens (including phenoxy) is 2. The number of aliphatic imine (C=N–C) groups is 1. The van der Waals surface area contributed by atoms with Crippen LogP contribution in [0, 0.1) is 0 Å². The molecule has 0 bridgehead atoms. The number of hydrogen-bond acceptors (Lipinski definition) is 5. The second-order valence-corrected chi connectivity index (χ2v) is 5.73. The van der Waals surface area contributed by atoms with Gasteiger partial charge in [0.2, 0.25) is 0 Å². The van der Waals surface area contributed by atoms with Gasteiger partial charge in [0.15, 0.2) is 5.96 Å². The number of anilines is 1. The Morgan fingerprint density at radius 3 is 2.50 bits per heavy atom. The molecular formula is C17H29N5O2. The van der Waals surface area contributed by atoms with E-state index in [-0.39, 0.29) is 0 Å². The van der Waals surface area contributed by atoms with Gasteiger partial charge < -0.3 is 25.4 Å². The van der Waals surface area contributed by atoms with Crippen LogP contribution in [0.25, 0.3) is 0 Å². The average molecular weight is 335 g/mol. The highest BCUT2D eigenvalue weighted by Crippen LogP contribution is 2.28. The Balaban J connectivity index is 1.84. The molecule has 134 valence electrons. The van der Waals surface area contributed by atoms with E-state index >= 15 is 0 Å². The van der Waals surface area contributed by atoms with Crippen molar-refractivity contribution in [1.82, 2.24) is 9.80 Å². The molecule has 0 atom stereocenters. The van der Waals surface area contributed by atoms with Crippen molar-refractivity contribution in [3.63, 3.8) is 0 Å². The van der Waals surface area contributed by atoms with Crippen LogP contribution >= 0.6 is 0 Å². The summed E-state index contributed by atoms with van der Waals surface area (Å²) >= 11 is 0. The molecule has 1 heterocycles. The van der Waals surface area contributed by atoms with E-state index < -0.39 is 0 Å². The minimum atomic E-state index is 0.383. The Labute approximate surface area is 144 Å². The molecule has 7 nitrogen and oxygen atoms in total. The molecule has 0 amide bonds. The lowest BCUT2D eigenvalue weighted by Crippen LogP contribution is -2.46. The lowest BCUT2D eigenvalue weighted by molar-refractivity contribution is 0.140. The molecule has 7 heteroatoms. The summed E-state index contributed by atoms with van der Waals surface area (Å²) in [6.07, 6.45) is 0. The minimum absolute atomic E-state index is 0.383. The van der Waals surface area contributed by atoms with E-state index in [1.807, 2.05) is 18.2 Å². The van der Waals surface area contributed by atoms with Crippen LogP contribution in [0.1, 0.15) is 6.92 Å². The molecule has 1 saturated heterocycles. The first-order valence-corrected chi connectivity index (χ1v) is 8.40. The van der Waals surface area contributed by atoms with E-state index in [0.29, 0.717) is 18.3 Å². The van der Waals surface area contributed by atoms with Gasteiger partial charge in [-0.2, -0.15) is 0 Å². The van der Waals surface area contributed by atoms with E-state index in [9.17, 15) is 0 Å². The first-order chi connectivity index (χ1) is 11.7. The van der Waals surface area contributed by atoms with Gasteiger partial charge in [0.05, 0.1) is 26.5 Å². The fourth-order valence-corrected chi connectivity index (χ4v) is 2.73. The Hall–Kier alpha value is -1.99. The summed E-state index contributed by atoms with van der Waals surface area (Å²) in [5, 5.41) is 3.09. The predicted molar refractivity (Wildman–Crippen MR) is 98.2 cm³/mol. The molecule has 0 aromatic heterocycles. The van der Waals surface area contributed by atoms with Crippen LogP contribution in [0.5, 0.6) is 11.5 Å². The third-order valence-electron chi connectivity index (χ3n) is 4.28. The Morgan fingerprint density at radius 2 is 1.88 bits per heavy atom. The van der Waals surface area contributed by atoms with Crippen molar-refractivity contribution in [2.75, 3.05) is 65.3 Å². The summed E-state index contributed by atoms with van der Waals surface area (Å²) in [7, 11) is 3.25.